The smallest absolute Gasteiger partial charge is 0.306 e. The molecule has 0 aromatic carbocycles. The second-order valence-electron chi connectivity index (χ2n) is 15.1. The maximum atomic E-state index is 12.7. The minimum atomic E-state index is -0.830. The van der Waals surface area contributed by atoms with Gasteiger partial charge in [-0.2, -0.15) is 0 Å². The number of unbranched alkanes of at least 4 members (excludes halogenated alkanes) is 18. The molecular weight excluding hydrogens is 721 g/mol. The first kappa shape index (κ1) is 54.3. The lowest BCUT2D eigenvalue weighted by atomic mass is 10.1. The Morgan fingerprint density at radius 2 is 0.707 bits per heavy atom. The summed E-state index contributed by atoms with van der Waals surface area (Å²) in [6.07, 6.45) is 59.8. The van der Waals surface area contributed by atoms with Crippen molar-refractivity contribution in [1.29, 1.82) is 0 Å². The van der Waals surface area contributed by atoms with Crippen molar-refractivity contribution in [3.63, 3.8) is 0 Å². The van der Waals surface area contributed by atoms with Crippen molar-refractivity contribution in [1.82, 2.24) is 0 Å². The molecule has 6 nitrogen and oxygen atoms in total. The van der Waals surface area contributed by atoms with E-state index in [1.54, 1.807) is 0 Å². The van der Waals surface area contributed by atoms with Crippen LogP contribution in [0.3, 0.4) is 0 Å². The van der Waals surface area contributed by atoms with E-state index in [1.165, 1.54) is 77.0 Å². The van der Waals surface area contributed by atoms with Gasteiger partial charge in [0.15, 0.2) is 6.10 Å². The third-order valence-electron chi connectivity index (χ3n) is 9.45. The summed E-state index contributed by atoms with van der Waals surface area (Å²) in [5.41, 5.74) is 0. The van der Waals surface area contributed by atoms with Crippen molar-refractivity contribution in [3.05, 3.63) is 97.2 Å². The Balaban J connectivity index is 4.49. The predicted octanol–water partition coefficient (Wildman–Crippen LogP) is 15.0. The quantitative estimate of drug-likeness (QED) is 0.0202. The molecule has 0 rings (SSSR count). The summed E-state index contributed by atoms with van der Waals surface area (Å²) >= 11 is 0. The largest absolute Gasteiger partial charge is 0.462 e. The molecule has 0 aliphatic heterocycles. The van der Waals surface area contributed by atoms with E-state index in [2.05, 4.69) is 63.3 Å². The standard InChI is InChI=1S/C52H84O6/c1-4-7-10-13-16-19-21-23-24-25-26-27-29-30-33-36-39-42-45-51(54)57-48-49(47-56-50(53)44-41-38-35-32-18-15-12-9-6-3)58-52(55)46-43-40-37-34-31-28-22-20-17-14-11-8-5-2/h8,11,14,17,20,22,24-28,31-32,34-35,37,49H,4-7,9-10,12-13,15-16,18-19,21,23,29-30,33,36,38-48H2,1-3H3/b11-8-,17-14-,22-20-,25-24-,27-26-,31-28-,35-32-,37-34-. The lowest BCUT2D eigenvalue weighted by Crippen LogP contribution is -2.30. The fourth-order valence-electron chi connectivity index (χ4n) is 5.94. The number of ether oxygens (including phenoxy) is 3. The van der Waals surface area contributed by atoms with Crippen LogP contribution in [0.5, 0.6) is 0 Å². The van der Waals surface area contributed by atoms with Crippen molar-refractivity contribution >= 4 is 17.9 Å². The van der Waals surface area contributed by atoms with Gasteiger partial charge in [-0.05, 0) is 77.0 Å². The molecule has 328 valence electrons. The van der Waals surface area contributed by atoms with E-state index in [4.69, 9.17) is 14.2 Å². The van der Waals surface area contributed by atoms with E-state index in [0.717, 1.165) is 64.2 Å². The van der Waals surface area contributed by atoms with Crippen LogP contribution in [-0.4, -0.2) is 37.2 Å². The van der Waals surface area contributed by atoms with Gasteiger partial charge < -0.3 is 14.2 Å². The topological polar surface area (TPSA) is 78.9 Å². The number of hydrogen-bond acceptors (Lipinski definition) is 6. The van der Waals surface area contributed by atoms with Crippen LogP contribution >= 0.6 is 0 Å². The lowest BCUT2D eigenvalue weighted by molar-refractivity contribution is -0.167. The summed E-state index contributed by atoms with van der Waals surface area (Å²) in [5, 5.41) is 0. The molecule has 0 aromatic rings. The first-order chi connectivity index (χ1) is 28.5. The van der Waals surface area contributed by atoms with Gasteiger partial charge in [0.05, 0.1) is 0 Å². The molecule has 0 saturated heterocycles. The van der Waals surface area contributed by atoms with E-state index in [0.29, 0.717) is 19.3 Å². The monoisotopic (exact) mass is 805 g/mol. The third kappa shape index (κ3) is 43.5. The van der Waals surface area contributed by atoms with Gasteiger partial charge in [0.25, 0.3) is 0 Å². The molecule has 58 heavy (non-hydrogen) atoms. The second kappa shape index (κ2) is 46.0. The molecule has 0 amide bonds. The summed E-state index contributed by atoms with van der Waals surface area (Å²) in [6.45, 7) is 6.32. The van der Waals surface area contributed by atoms with Crippen LogP contribution in [0.25, 0.3) is 0 Å². The fourth-order valence-corrected chi connectivity index (χ4v) is 5.94. The molecule has 0 aromatic heterocycles. The van der Waals surface area contributed by atoms with E-state index >= 15 is 0 Å². The molecule has 1 atom stereocenters. The lowest BCUT2D eigenvalue weighted by Gasteiger charge is -2.18. The van der Waals surface area contributed by atoms with Gasteiger partial charge >= 0.3 is 17.9 Å². The van der Waals surface area contributed by atoms with Crippen LogP contribution in [0.4, 0.5) is 0 Å². The van der Waals surface area contributed by atoms with E-state index in [-0.39, 0.29) is 38.0 Å². The summed E-state index contributed by atoms with van der Waals surface area (Å²) in [6, 6.07) is 0. The van der Waals surface area contributed by atoms with Crippen LogP contribution in [0.2, 0.25) is 0 Å². The third-order valence-corrected chi connectivity index (χ3v) is 9.45. The Morgan fingerprint density at radius 3 is 1.22 bits per heavy atom. The van der Waals surface area contributed by atoms with E-state index in [1.807, 2.05) is 54.7 Å². The summed E-state index contributed by atoms with van der Waals surface area (Å²) in [5.74, 6) is -1.06. The molecule has 0 aliphatic carbocycles. The van der Waals surface area contributed by atoms with Crippen LogP contribution in [0.1, 0.15) is 194 Å². The molecule has 0 N–H and O–H groups in total. The molecule has 6 heteroatoms. The summed E-state index contributed by atoms with van der Waals surface area (Å²) < 4.78 is 16.6. The van der Waals surface area contributed by atoms with Crippen LogP contribution < -0.4 is 0 Å². The Hall–Kier alpha value is -3.67. The molecule has 0 saturated carbocycles. The van der Waals surface area contributed by atoms with Crippen LogP contribution in [0.15, 0.2) is 97.2 Å². The molecule has 1 unspecified atom stereocenters. The van der Waals surface area contributed by atoms with Crippen LogP contribution in [0, 0.1) is 0 Å². The normalized spacial score (nSPS) is 12.9. The summed E-state index contributed by atoms with van der Waals surface area (Å²) in [4.78, 5) is 37.7. The Labute approximate surface area is 356 Å². The molecule has 0 spiro atoms. The van der Waals surface area contributed by atoms with Crippen molar-refractivity contribution in [3.8, 4) is 0 Å². The number of esters is 3. The Bertz CT molecular complexity index is 1200. The fraction of sp³-hybridized carbons (Fsp3) is 0.635. The first-order valence-electron chi connectivity index (χ1n) is 23.3. The first-order valence-corrected chi connectivity index (χ1v) is 23.3. The van der Waals surface area contributed by atoms with E-state index in [9.17, 15) is 14.4 Å². The summed E-state index contributed by atoms with van der Waals surface area (Å²) in [7, 11) is 0. The van der Waals surface area contributed by atoms with Gasteiger partial charge in [-0.3, -0.25) is 14.4 Å². The minimum Gasteiger partial charge on any atom is -0.462 e. The molecule has 0 fully saturated rings. The highest BCUT2D eigenvalue weighted by atomic mass is 16.6. The second-order valence-corrected chi connectivity index (χ2v) is 15.1. The van der Waals surface area contributed by atoms with Gasteiger partial charge in [0, 0.05) is 19.3 Å². The number of carbonyl (C=O) groups is 3. The number of carbonyl (C=O) groups excluding carboxylic acids is 3. The maximum Gasteiger partial charge on any atom is 0.306 e. The zero-order chi connectivity index (χ0) is 42.3. The zero-order valence-electron chi connectivity index (χ0n) is 37.3. The van der Waals surface area contributed by atoms with Crippen molar-refractivity contribution in [2.75, 3.05) is 13.2 Å². The SMILES string of the molecule is CC\C=C/C=C\C=C/C=C\C=C/CCCC(=O)OC(COC(=O)CCC/C=C\CCCCCC)COC(=O)CCCCCCC/C=C\C=C/CCCCCCCCC. The number of hydrogen-bond donors (Lipinski definition) is 0. The molecule has 0 heterocycles. The van der Waals surface area contributed by atoms with Crippen molar-refractivity contribution in [2.24, 2.45) is 0 Å². The van der Waals surface area contributed by atoms with Gasteiger partial charge in [-0.25, -0.2) is 0 Å². The van der Waals surface area contributed by atoms with Gasteiger partial charge in [0.2, 0.25) is 0 Å². The average molecular weight is 805 g/mol. The molecule has 0 bridgehead atoms. The molecule has 0 radical (unpaired) electrons. The van der Waals surface area contributed by atoms with Gasteiger partial charge in [-0.1, -0.05) is 195 Å². The van der Waals surface area contributed by atoms with Gasteiger partial charge in [0.1, 0.15) is 13.2 Å². The Morgan fingerprint density at radius 1 is 0.362 bits per heavy atom. The molecule has 0 aliphatic rings. The van der Waals surface area contributed by atoms with Crippen molar-refractivity contribution < 1.29 is 28.6 Å². The molecular formula is C52H84O6. The predicted molar refractivity (Wildman–Crippen MR) is 247 cm³/mol. The Kier molecular flexibility index (Phi) is 43.1. The highest BCUT2D eigenvalue weighted by Crippen LogP contribution is 2.12. The number of rotatable bonds is 40. The van der Waals surface area contributed by atoms with E-state index < -0.39 is 12.1 Å². The average Bonchev–Trinajstić information content (AvgIpc) is 3.22. The minimum absolute atomic E-state index is 0.124. The highest BCUT2D eigenvalue weighted by Gasteiger charge is 2.19. The van der Waals surface area contributed by atoms with Gasteiger partial charge in [-0.15, -0.1) is 0 Å². The maximum absolute atomic E-state index is 12.7. The van der Waals surface area contributed by atoms with Crippen LogP contribution in [-0.2, 0) is 28.6 Å². The van der Waals surface area contributed by atoms with Crippen molar-refractivity contribution in [2.45, 2.75) is 200 Å². The highest BCUT2D eigenvalue weighted by molar-refractivity contribution is 5.71. The number of allylic oxidation sites excluding steroid dienone is 16. The zero-order valence-corrected chi connectivity index (χ0v) is 37.3.